The van der Waals surface area contributed by atoms with Gasteiger partial charge < -0.3 is 9.80 Å². The highest BCUT2D eigenvalue weighted by Crippen LogP contribution is 2.22. The summed E-state index contributed by atoms with van der Waals surface area (Å²) in [5.74, 6) is 0.231. The number of amides is 1. The third-order valence-corrected chi connectivity index (χ3v) is 5.59. The molecule has 1 fully saturated rings. The molecule has 0 N–H and O–H groups in total. The molecule has 3 heterocycles. The largest absolute Gasteiger partial charge is 0.339 e. The minimum atomic E-state index is -0.452. The van der Waals surface area contributed by atoms with Gasteiger partial charge in [-0.25, -0.2) is 9.18 Å². The van der Waals surface area contributed by atoms with Crippen molar-refractivity contribution in [1.82, 2.24) is 23.6 Å². The van der Waals surface area contributed by atoms with Crippen LogP contribution in [0.25, 0.3) is 11.2 Å². The van der Waals surface area contributed by atoms with E-state index in [1.807, 2.05) is 4.90 Å². The SMILES string of the molecule is CC(=O)N1CCN(c2nc3c(c(=O)n(C)c(=O)n3C)n2Cc2ccc(F)cc2)CC1. The second-order valence-electron chi connectivity index (χ2n) is 7.50. The summed E-state index contributed by atoms with van der Waals surface area (Å²) in [7, 11) is 3.02. The lowest BCUT2D eigenvalue weighted by molar-refractivity contribution is -0.129. The van der Waals surface area contributed by atoms with E-state index in [0.717, 1.165) is 10.1 Å². The van der Waals surface area contributed by atoms with Crippen molar-refractivity contribution in [2.45, 2.75) is 13.5 Å². The predicted molar refractivity (Wildman–Crippen MR) is 110 cm³/mol. The minimum Gasteiger partial charge on any atom is -0.339 e. The number of hydrogen-bond donors (Lipinski definition) is 0. The second-order valence-corrected chi connectivity index (χ2v) is 7.50. The number of halogens is 1. The third kappa shape index (κ3) is 3.27. The second kappa shape index (κ2) is 7.43. The molecule has 1 amide bonds. The fourth-order valence-electron chi connectivity index (χ4n) is 3.82. The first-order valence-corrected chi connectivity index (χ1v) is 9.69. The highest BCUT2D eigenvalue weighted by atomic mass is 19.1. The number of nitrogens with zero attached hydrogens (tertiary/aromatic N) is 6. The van der Waals surface area contributed by atoms with Crippen LogP contribution in [-0.2, 0) is 25.4 Å². The van der Waals surface area contributed by atoms with Crippen LogP contribution in [-0.4, -0.2) is 55.7 Å². The number of aromatic nitrogens is 4. The molecule has 1 aliphatic heterocycles. The van der Waals surface area contributed by atoms with Gasteiger partial charge in [-0.2, -0.15) is 4.98 Å². The maximum Gasteiger partial charge on any atom is 0.332 e. The molecule has 1 aromatic carbocycles. The summed E-state index contributed by atoms with van der Waals surface area (Å²) in [6, 6.07) is 6.05. The van der Waals surface area contributed by atoms with Gasteiger partial charge in [-0.05, 0) is 17.7 Å². The molecule has 2 aromatic heterocycles. The molecule has 0 radical (unpaired) electrons. The number of fused-ring (bicyclic) bond motifs is 1. The first kappa shape index (κ1) is 19.9. The van der Waals surface area contributed by atoms with E-state index >= 15 is 0 Å². The Hall–Kier alpha value is -3.43. The Bertz CT molecular complexity index is 1230. The molecule has 1 aliphatic rings. The maximum atomic E-state index is 13.4. The smallest absolute Gasteiger partial charge is 0.332 e. The summed E-state index contributed by atoms with van der Waals surface area (Å²) in [6.45, 7) is 4.05. The Kier molecular flexibility index (Phi) is 4.92. The van der Waals surface area contributed by atoms with Gasteiger partial charge in [0.2, 0.25) is 11.9 Å². The molecule has 3 aromatic rings. The van der Waals surface area contributed by atoms with Crippen LogP contribution in [0, 0.1) is 5.82 Å². The molecule has 9 nitrogen and oxygen atoms in total. The number of imidazole rings is 1. The van der Waals surface area contributed by atoms with Gasteiger partial charge in [0.25, 0.3) is 5.56 Å². The van der Waals surface area contributed by atoms with Gasteiger partial charge in [0.1, 0.15) is 5.82 Å². The number of carbonyl (C=O) groups excluding carboxylic acids is 1. The van der Waals surface area contributed by atoms with Crippen LogP contribution >= 0.6 is 0 Å². The van der Waals surface area contributed by atoms with Crippen molar-refractivity contribution in [2.24, 2.45) is 14.1 Å². The van der Waals surface area contributed by atoms with E-state index in [1.54, 1.807) is 35.6 Å². The van der Waals surface area contributed by atoms with Crippen LogP contribution in [0.3, 0.4) is 0 Å². The molecule has 158 valence electrons. The third-order valence-electron chi connectivity index (χ3n) is 5.59. The average molecular weight is 414 g/mol. The molecule has 0 saturated carbocycles. The van der Waals surface area contributed by atoms with E-state index in [-0.39, 0.29) is 11.7 Å². The standard InChI is InChI=1S/C20H23FN6O3/c1-13(28)25-8-10-26(11-9-25)19-22-17-16(18(29)24(3)20(30)23(17)2)27(19)12-14-4-6-15(21)7-5-14/h4-7H,8-12H2,1-3H3. The van der Waals surface area contributed by atoms with Gasteiger partial charge in [0, 0.05) is 47.2 Å². The lowest BCUT2D eigenvalue weighted by Crippen LogP contribution is -2.48. The Morgan fingerprint density at radius 1 is 1.03 bits per heavy atom. The first-order chi connectivity index (χ1) is 14.3. The van der Waals surface area contributed by atoms with E-state index in [9.17, 15) is 18.8 Å². The number of carbonyl (C=O) groups is 1. The lowest BCUT2D eigenvalue weighted by atomic mass is 10.2. The fourth-order valence-corrected chi connectivity index (χ4v) is 3.82. The molecule has 0 spiro atoms. The zero-order valence-electron chi connectivity index (χ0n) is 17.1. The van der Waals surface area contributed by atoms with E-state index in [1.165, 1.54) is 23.7 Å². The predicted octanol–water partition coefficient (Wildman–Crippen LogP) is 0.290. The van der Waals surface area contributed by atoms with Crippen LogP contribution < -0.4 is 16.1 Å². The van der Waals surface area contributed by atoms with Crippen molar-refractivity contribution in [3.63, 3.8) is 0 Å². The molecule has 0 aliphatic carbocycles. The van der Waals surface area contributed by atoms with Gasteiger partial charge in [-0.3, -0.25) is 23.3 Å². The van der Waals surface area contributed by atoms with Crippen LogP contribution in [0.15, 0.2) is 33.9 Å². The fraction of sp³-hybridized carbons (Fsp3) is 0.400. The molecule has 0 atom stereocenters. The van der Waals surface area contributed by atoms with Crippen molar-refractivity contribution >= 4 is 23.0 Å². The number of rotatable bonds is 3. The molecule has 0 bridgehead atoms. The Morgan fingerprint density at radius 3 is 2.27 bits per heavy atom. The average Bonchev–Trinajstić information content (AvgIpc) is 3.11. The Morgan fingerprint density at radius 2 is 1.67 bits per heavy atom. The van der Waals surface area contributed by atoms with Crippen LogP contribution in [0.4, 0.5) is 10.3 Å². The van der Waals surface area contributed by atoms with Gasteiger partial charge >= 0.3 is 5.69 Å². The van der Waals surface area contributed by atoms with E-state index in [4.69, 9.17) is 0 Å². The van der Waals surface area contributed by atoms with Crippen LogP contribution in [0.1, 0.15) is 12.5 Å². The van der Waals surface area contributed by atoms with Crippen molar-refractivity contribution in [1.29, 1.82) is 0 Å². The number of anilines is 1. The summed E-state index contributed by atoms with van der Waals surface area (Å²) in [4.78, 5) is 45.4. The van der Waals surface area contributed by atoms with Gasteiger partial charge in [0.05, 0.1) is 6.54 Å². The van der Waals surface area contributed by atoms with Crippen molar-refractivity contribution in [3.8, 4) is 0 Å². The van der Waals surface area contributed by atoms with Gasteiger partial charge in [-0.15, -0.1) is 0 Å². The number of hydrogen-bond acceptors (Lipinski definition) is 5. The summed E-state index contributed by atoms with van der Waals surface area (Å²) >= 11 is 0. The van der Waals surface area contributed by atoms with E-state index < -0.39 is 11.2 Å². The molecule has 4 rings (SSSR count). The van der Waals surface area contributed by atoms with Crippen molar-refractivity contribution in [3.05, 3.63) is 56.5 Å². The number of aryl methyl sites for hydroxylation is 1. The van der Waals surface area contributed by atoms with Crippen molar-refractivity contribution in [2.75, 3.05) is 31.1 Å². The Labute approximate surface area is 171 Å². The zero-order valence-corrected chi connectivity index (χ0v) is 17.1. The monoisotopic (exact) mass is 414 g/mol. The summed E-state index contributed by atoms with van der Waals surface area (Å²) < 4.78 is 17.5. The molecular weight excluding hydrogens is 391 g/mol. The first-order valence-electron chi connectivity index (χ1n) is 9.69. The molecule has 0 unspecified atom stereocenters. The minimum absolute atomic E-state index is 0.0192. The molecular formula is C20H23FN6O3. The van der Waals surface area contributed by atoms with Crippen LogP contribution in [0.2, 0.25) is 0 Å². The zero-order chi connectivity index (χ0) is 21.6. The summed E-state index contributed by atoms with van der Waals surface area (Å²) in [5, 5.41) is 0. The van der Waals surface area contributed by atoms with Gasteiger partial charge in [-0.1, -0.05) is 12.1 Å². The molecule has 10 heteroatoms. The quantitative estimate of drug-likeness (QED) is 0.615. The molecule has 1 saturated heterocycles. The Balaban J connectivity index is 1.86. The lowest BCUT2D eigenvalue weighted by Gasteiger charge is -2.35. The summed E-state index contributed by atoms with van der Waals surface area (Å²) in [6.07, 6.45) is 0. The van der Waals surface area contributed by atoms with Crippen molar-refractivity contribution < 1.29 is 9.18 Å². The number of piperazine rings is 1. The van der Waals surface area contributed by atoms with Gasteiger partial charge in [0.15, 0.2) is 11.2 Å². The van der Waals surface area contributed by atoms with Crippen LogP contribution in [0.5, 0.6) is 0 Å². The molecule has 30 heavy (non-hydrogen) atoms. The highest BCUT2D eigenvalue weighted by Gasteiger charge is 2.26. The normalized spacial score (nSPS) is 14.5. The maximum absolute atomic E-state index is 13.4. The van der Waals surface area contributed by atoms with E-state index in [2.05, 4.69) is 4.98 Å². The van der Waals surface area contributed by atoms with E-state index in [0.29, 0.717) is 49.8 Å². The highest BCUT2D eigenvalue weighted by molar-refractivity contribution is 5.75. The number of benzene rings is 1. The summed E-state index contributed by atoms with van der Waals surface area (Å²) in [5.41, 5.74) is 0.528. The topological polar surface area (TPSA) is 85.4 Å².